The summed E-state index contributed by atoms with van der Waals surface area (Å²) in [5, 5.41) is 5.12. The van der Waals surface area contributed by atoms with E-state index in [1.54, 1.807) is 17.1 Å². The number of alkyl halides is 1. The van der Waals surface area contributed by atoms with Crippen molar-refractivity contribution in [2.24, 2.45) is 7.05 Å². The molecule has 26 heavy (non-hydrogen) atoms. The number of aryl methyl sites for hydroxylation is 1. The van der Waals surface area contributed by atoms with E-state index in [9.17, 15) is 9.18 Å². The molecule has 4 rings (SSSR count). The molecule has 0 unspecified atom stereocenters. The molecular formula is C19H20FN5O. The molecule has 1 aliphatic heterocycles. The summed E-state index contributed by atoms with van der Waals surface area (Å²) in [7, 11) is 1.88. The molecule has 1 fully saturated rings. The monoisotopic (exact) mass is 353 g/mol. The van der Waals surface area contributed by atoms with Gasteiger partial charge >= 0.3 is 0 Å². The quantitative estimate of drug-likeness (QED) is 0.703. The van der Waals surface area contributed by atoms with Crippen molar-refractivity contribution in [1.82, 2.24) is 24.6 Å². The standard InChI is InChI=1S/C19H20FN5O/c1-24-10-15(9-22-24)13-2-3-14-8-21-19(23-18(14)6-13)7-17(26)12-25-5-4-16(20)11-25/h2-3,6,8-10,16H,4-5,7,11-12H2,1H3/t16-/m0/s1. The number of carbonyl (C=O) groups is 1. The van der Waals surface area contributed by atoms with Gasteiger partial charge in [0.1, 0.15) is 12.0 Å². The van der Waals surface area contributed by atoms with Crippen LogP contribution in [0.2, 0.25) is 0 Å². The van der Waals surface area contributed by atoms with Crippen LogP contribution in [0.4, 0.5) is 4.39 Å². The molecule has 0 saturated carbocycles. The Kier molecular flexibility index (Phi) is 4.46. The molecule has 0 amide bonds. The van der Waals surface area contributed by atoms with E-state index >= 15 is 0 Å². The van der Waals surface area contributed by atoms with E-state index in [1.165, 1.54) is 0 Å². The van der Waals surface area contributed by atoms with Gasteiger partial charge in [0.25, 0.3) is 0 Å². The Labute approximate surface area is 150 Å². The van der Waals surface area contributed by atoms with Crippen LogP contribution in [-0.2, 0) is 18.3 Å². The van der Waals surface area contributed by atoms with E-state index in [2.05, 4.69) is 15.1 Å². The topological polar surface area (TPSA) is 63.9 Å². The van der Waals surface area contributed by atoms with Crippen LogP contribution in [-0.4, -0.2) is 56.2 Å². The van der Waals surface area contributed by atoms with Crippen LogP contribution in [0.3, 0.4) is 0 Å². The number of hydrogen-bond acceptors (Lipinski definition) is 5. The number of ketones is 1. The summed E-state index contributed by atoms with van der Waals surface area (Å²) in [6.07, 6.45) is 5.36. The number of benzene rings is 1. The minimum Gasteiger partial charge on any atom is -0.298 e. The predicted molar refractivity (Wildman–Crippen MR) is 96.4 cm³/mol. The van der Waals surface area contributed by atoms with E-state index in [4.69, 9.17) is 0 Å². The maximum absolute atomic E-state index is 13.2. The van der Waals surface area contributed by atoms with Gasteiger partial charge in [0, 0.05) is 43.5 Å². The average Bonchev–Trinajstić information content (AvgIpc) is 3.22. The minimum atomic E-state index is -0.814. The first kappa shape index (κ1) is 16.8. The van der Waals surface area contributed by atoms with Crippen molar-refractivity contribution in [2.45, 2.75) is 19.0 Å². The van der Waals surface area contributed by atoms with Gasteiger partial charge in [0.2, 0.25) is 0 Å². The molecule has 1 saturated heterocycles. The molecule has 1 aromatic carbocycles. The summed E-state index contributed by atoms with van der Waals surface area (Å²) in [4.78, 5) is 23.0. The van der Waals surface area contributed by atoms with Crippen molar-refractivity contribution in [3.05, 3.63) is 42.6 Å². The third kappa shape index (κ3) is 3.62. The fraction of sp³-hybridized carbons (Fsp3) is 0.368. The lowest BCUT2D eigenvalue weighted by molar-refractivity contribution is -0.119. The zero-order valence-electron chi connectivity index (χ0n) is 14.6. The van der Waals surface area contributed by atoms with Gasteiger partial charge in [-0.1, -0.05) is 12.1 Å². The molecule has 3 aromatic rings. The van der Waals surface area contributed by atoms with Crippen molar-refractivity contribution < 1.29 is 9.18 Å². The number of nitrogens with zero attached hydrogens (tertiary/aromatic N) is 5. The van der Waals surface area contributed by atoms with Gasteiger partial charge in [-0.3, -0.25) is 14.4 Å². The molecule has 1 atom stereocenters. The number of rotatable bonds is 5. The van der Waals surface area contributed by atoms with Gasteiger partial charge in [-0.05, 0) is 18.1 Å². The molecule has 134 valence electrons. The minimum absolute atomic E-state index is 0.0156. The fourth-order valence-corrected chi connectivity index (χ4v) is 3.31. The van der Waals surface area contributed by atoms with Gasteiger partial charge in [0.05, 0.1) is 24.7 Å². The van der Waals surface area contributed by atoms with Crippen molar-refractivity contribution in [1.29, 1.82) is 0 Å². The second-order valence-electron chi connectivity index (χ2n) is 6.80. The lowest BCUT2D eigenvalue weighted by Crippen LogP contribution is -2.29. The van der Waals surface area contributed by atoms with Gasteiger partial charge in [0.15, 0.2) is 5.78 Å². The molecular weight excluding hydrogens is 333 g/mol. The van der Waals surface area contributed by atoms with E-state index in [0.717, 1.165) is 22.0 Å². The van der Waals surface area contributed by atoms with E-state index in [1.807, 2.05) is 36.3 Å². The zero-order valence-corrected chi connectivity index (χ0v) is 14.6. The van der Waals surface area contributed by atoms with Gasteiger partial charge < -0.3 is 0 Å². The van der Waals surface area contributed by atoms with Crippen LogP contribution in [0, 0.1) is 0 Å². The fourth-order valence-electron chi connectivity index (χ4n) is 3.31. The number of hydrogen-bond donors (Lipinski definition) is 0. The highest BCUT2D eigenvalue weighted by molar-refractivity contribution is 5.85. The highest BCUT2D eigenvalue weighted by atomic mass is 19.1. The number of halogens is 1. The normalized spacial score (nSPS) is 17.8. The number of likely N-dealkylation sites (tertiary alicyclic amines) is 1. The molecule has 0 spiro atoms. The summed E-state index contributed by atoms with van der Waals surface area (Å²) >= 11 is 0. The highest BCUT2D eigenvalue weighted by Gasteiger charge is 2.23. The first-order valence-corrected chi connectivity index (χ1v) is 8.69. The summed E-state index contributed by atoms with van der Waals surface area (Å²) in [5.74, 6) is 0.517. The first-order valence-electron chi connectivity index (χ1n) is 8.69. The first-order chi connectivity index (χ1) is 12.6. The maximum atomic E-state index is 13.2. The molecule has 0 N–H and O–H groups in total. The van der Waals surface area contributed by atoms with E-state index < -0.39 is 6.17 Å². The molecule has 0 radical (unpaired) electrons. The van der Waals surface area contributed by atoms with Crippen LogP contribution in [0.25, 0.3) is 22.0 Å². The van der Waals surface area contributed by atoms with Gasteiger partial charge in [-0.2, -0.15) is 5.10 Å². The van der Waals surface area contributed by atoms with Crippen LogP contribution < -0.4 is 0 Å². The van der Waals surface area contributed by atoms with Crippen LogP contribution in [0.1, 0.15) is 12.2 Å². The second-order valence-corrected chi connectivity index (χ2v) is 6.80. The molecule has 2 aromatic heterocycles. The van der Waals surface area contributed by atoms with Crippen molar-refractivity contribution >= 4 is 16.7 Å². The second kappa shape index (κ2) is 6.92. The molecule has 0 bridgehead atoms. The highest BCUT2D eigenvalue weighted by Crippen LogP contribution is 2.22. The lowest BCUT2D eigenvalue weighted by Gasteiger charge is -2.12. The number of aromatic nitrogens is 4. The third-order valence-corrected chi connectivity index (χ3v) is 4.64. The summed E-state index contributed by atoms with van der Waals surface area (Å²) in [6, 6.07) is 5.96. The third-order valence-electron chi connectivity index (χ3n) is 4.64. The Balaban J connectivity index is 1.51. The summed E-state index contributed by atoms with van der Waals surface area (Å²) in [6.45, 7) is 1.25. The molecule has 3 heterocycles. The van der Waals surface area contributed by atoms with Crippen LogP contribution >= 0.6 is 0 Å². The van der Waals surface area contributed by atoms with Crippen molar-refractivity contribution in [3.63, 3.8) is 0 Å². The Morgan fingerprint density at radius 1 is 1.31 bits per heavy atom. The Morgan fingerprint density at radius 2 is 2.19 bits per heavy atom. The van der Waals surface area contributed by atoms with E-state index in [-0.39, 0.29) is 18.7 Å². The van der Waals surface area contributed by atoms with Gasteiger partial charge in [-0.15, -0.1) is 0 Å². The van der Waals surface area contributed by atoms with Crippen molar-refractivity contribution in [2.75, 3.05) is 19.6 Å². The van der Waals surface area contributed by atoms with Crippen molar-refractivity contribution in [3.8, 4) is 11.1 Å². The SMILES string of the molecule is Cn1cc(-c2ccc3cnc(CC(=O)CN4CC[C@H](F)C4)nc3c2)cn1. The Hall–Kier alpha value is -2.67. The maximum Gasteiger partial charge on any atom is 0.154 e. The molecule has 1 aliphatic rings. The number of fused-ring (bicyclic) bond motifs is 1. The zero-order chi connectivity index (χ0) is 18.1. The molecule has 7 heteroatoms. The van der Waals surface area contributed by atoms with Crippen LogP contribution in [0.15, 0.2) is 36.8 Å². The van der Waals surface area contributed by atoms with E-state index in [0.29, 0.717) is 25.3 Å². The number of Topliss-reactive ketones (excluding diaryl/α,β-unsaturated/α-hetero) is 1. The van der Waals surface area contributed by atoms with Crippen LogP contribution in [0.5, 0.6) is 0 Å². The predicted octanol–water partition coefficient (Wildman–Crippen LogP) is 2.19. The Morgan fingerprint density at radius 3 is 2.92 bits per heavy atom. The van der Waals surface area contributed by atoms with Gasteiger partial charge in [-0.25, -0.2) is 14.4 Å². The largest absolute Gasteiger partial charge is 0.298 e. The molecule has 6 nitrogen and oxygen atoms in total. The summed E-state index contributed by atoms with van der Waals surface area (Å²) < 4.78 is 15.0. The summed E-state index contributed by atoms with van der Waals surface area (Å²) in [5.41, 5.74) is 2.84. The molecule has 0 aliphatic carbocycles. The smallest absolute Gasteiger partial charge is 0.154 e. The lowest BCUT2D eigenvalue weighted by atomic mass is 10.1. The average molecular weight is 353 g/mol. The number of carbonyl (C=O) groups excluding carboxylic acids is 1. The Bertz CT molecular complexity index is 954.